The molecule has 0 aliphatic rings. The minimum absolute atomic E-state index is 0.0660. The Morgan fingerprint density at radius 1 is 0.184 bits per heavy atom. The van der Waals surface area contributed by atoms with E-state index in [0.717, 1.165) is 77.0 Å². The third-order valence-electron chi connectivity index (χ3n) is 19.2. The Morgan fingerprint density at radius 3 is 0.449 bits per heavy atom. The van der Waals surface area contributed by atoms with Gasteiger partial charge in [0.15, 0.2) is 0 Å². The van der Waals surface area contributed by atoms with Crippen LogP contribution < -0.4 is 0 Å². The zero-order valence-electron chi connectivity index (χ0n) is 83.3. The van der Waals surface area contributed by atoms with Crippen molar-refractivity contribution in [2.75, 3.05) is 192 Å². The van der Waals surface area contributed by atoms with Crippen molar-refractivity contribution in [2.24, 2.45) is 0 Å². The Hall–Kier alpha value is -7.54. The summed E-state index contributed by atoms with van der Waals surface area (Å²) in [5, 5.41) is -2.89. The van der Waals surface area contributed by atoms with Crippen LogP contribution in [-0.4, -0.2) is 315 Å². The molecular weight excluding hydrogens is 1860 g/mol. The van der Waals surface area contributed by atoms with Gasteiger partial charge in [-0.1, -0.05) is 187 Å². The third kappa shape index (κ3) is 80.3. The van der Waals surface area contributed by atoms with Crippen LogP contribution in [0.1, 0.15) is 199 Å². The molecule has 0 bridgehead atoms. The molecular formula is C102H162N4O24S6. The van der Waals surface area contributed by atoms with Gasteiger partial charge in [-0.15, -0.1) is 70.6 Å². The monoisotopic (exact) mass is 2020 g/mol. The lowest BCUT2D eigenvalue weighted by atomic mass is 10.2. The number of ether oxygens (including phenoxy) is 12. The standard InChI is InChI=1S/C102H162N4O24S6/c1-13-19-25-31-37-43-79-131-85(7)97(113)125-73-67-119-91(107)49-55-103(56-50-92(108)120-68-74-126-98(114)86(8)132-80-44-38-32-26-20-14-2)61-64-106(65-62-104(57-51-93(109)121-69-75-127-99(115)87(9)133-81-45-39-33-27-21-15-3)58-52-94(110)122-70-76-128-100(116)88(10)134-82-46-40-34-28-22-16-4)66-63-105(59-53-95(111)123-71-77-129-101(117)89(11)135-83-47-41-35-29-23-17-5)60-54-96(112)124-72-78-130-102(118)90(12)136-84-48-42-36-30-24-18-6/h19-30,37-48,85-90H,13-18,31-36,49-84H2,1-12H3/b25-19-,26-20-,27-21-,28-22-,29-23-,30-24-,43-37-,44-38-,45-39-,46-40-,47-41-,48-42-. The Morgan fingerprint density at radius 2 is 0.309 bits per heavy atom. The molecule has 0 aliphatic heterocycles. The fourth-order valence-corrected chi connectivity index (χ4v) is 15.7. The summed E-state index contributed by atoms with van der Waals surface area (Å²) in [6.45, 7) is 22.1. The van der Waals surface area contributed by atoms with E-state index >= 15 is 0 Å². The van der Waals surface area contributed by atoms with Crippen LogP contribution in [0.2, 0.25) is 0 Å². The topological polar surface area (TPSA) is 329 Å². The van der Waals surface area contributed by atoms with Gasteiger partial charge in [0.2, 0.25) is 0 Å². The molecule has 136 heavy (non-hydrogen) atoms. The van der Waals surface area contributed by atoms with Crippen LogP contribution in [0, 0.1) is 0 Å². The molecule has 0 aromatic rings. The van der Waals surface area contributed by atoms with Gasteiger partial charge >= 0.3 is 71.6 Å². The van der Waals surface area contributed by atoms with E-state index in [2.05, 4.69) is 119 Å². The summed E-state index contributed by atoms with van der Waals surface area (Å²) in [6, 6.07) is 0. The molecule has 0 radical (unpaired) electrons. The summed E-state index contributed by atoms with van der Waals surface area (Å²) < 4.78 is 66.4. The second kappa shape index (κ2) is 92.5. The number of nitrogens with zero attached hydrogens (tertiary/aromatic N) is 4. The largest absolute Gasteiger partial charge is 0.462 e. The van der Waals surface area contributed by atoms with Crippen LogP contribution in [0.3, 0.4) is 0 Å². The van der Waals surface area contributed by atoms with Gasteiger partial charge in [0.05, 0.1) is 70.0 Å². The van der Waals surface area contributed by atoms with Crippen molar-refractivity contribution in [1.29, 1.82) is 0 Å². The number of rotatable bonds is 87. The summed E-state index contributed by atoms with van der Waals surface area (Å²) in [5.41, 5.74) is 0. The summed E-state index contributed by atoms with van der Waals surface area (Å²) in [4.78, 5) is 167. The molecule has 34 heteroatoms. The average molecular weight is 2020 g/mol. The summed E-state index contributed by atoms with van der Waals surface area (Å²) in [5.74, 6) is -2.82. The van der Waals surface area contributed by atoms with E-state index < -0.39 is 103 Å². The first kappa shape index (κ1) is 128. The molecule has 0 aliphatic carbocycles. The van der Waals surface area contributed by atoms with Gasteiger partial charge in [-0.2, -0.15) is 0 Å². The molecule has 0 aromatic carbocycles. The van der Waals surface area contributed by atoms with Crippen LogP contribution in [0.5, 0.6) is 0 Å². The molecule has 28 nitrogen and oxygen atoms in total. The maximum atomic E-state index is 13.6. The molecule has 0 amide bonds. The number of carbonyl (C=O) groups excluding carboxylic acids is 12. The first-order chi connectivity index (χ1) is 65.8. The predicted molar refractivity (Wildman–Crippen MR) is 556 cm³/mol. The fraction of sp³-hybridized carbons (Fsp3) is 0.647. The average Bonchev–Trinajstić information content (AvgIpc) is 0.927. The Kier molecular flexibility index (Phi) is 87.4. The van der Waals surface area contributed by atoms with Gasteiger partial charge in [0.25, 0.3) is 0 Å². The fourth-order valence-electron chi connectivity index (χ4n) is 11.3. The van der Waals surface area contributed by atoms with Crippen LogP contribution in [0.15, 0.2) is 146 Å². The SMILES string of the molecule is CC/C=C\C/C=C\CSC(C)C(=O)OCCOC(=O)CCN(CCC(=O)OCCOC(=O)C(C)SC/C=C\C/C=C\CC)CCN(CCN(CCC(=O)OCCOC(=O)C(C)SC/C=C\C/C=C\CC)CCC(=O)OCCOC(=O)C(C)SC/C=C\C/C=C\CC)CCN(CCC(=O)OCCOC(=O)C(C)SC/C=C\C/C=C\CC)CCC(=O)OCCOC(=O)C(C)SC/C=C\C/C=C\CC. The Labute approximate surface area is 838 Å². The predicted octanol–water partition coefficient (Wildman–Crippen LogP) is 17.3. The van der Waals surface area contributed by atoms with E-state index in [1.807, 2.05) is 87.6 Å². The molecule has 6 unspecified atom stereocenters. The van der Waals surface area contributed by atoms with Crippen molar-refractivity contribution in [1.82, 2.24) is 19.6 Å². The number of thioether (sulfide) groups is 6. The lowest BCUT2D eigenvalue weighted by Gasteiger charge is -2.32. The van der Waals surface area contributed by atoms with E-state index in [1.165, 1.54) is 70.6 Å². The number of hydrogen-bond acceptors (Lipinski definition) is 34. The number of hydrogen-bond donors (Lipinski definition) is 0. The van der Waals surface area contributed by atoms with E-state index in [4.69, 9.17) is 56.8 Å². The van der Waals surface area contributed by atoms with Gasteiger partial charge < -0.3 is 71.5 Å². The van der Waals surface area contributed by atoms with E-state index in [0.29, 0.717) is 34.5 Å². The maximum absolute atomic E-state index is 13.6. The van der Waals surface area contributed by atoms with Crippen LogP contribution in [0.25, 0.3) is 0 Å². The number of esters is 12. The second-order valence-corrected chi connectivity index (χ2v) is 38.8. The lowest BCUT2D eigenvalue weighted by Crippen LogP contribution is -2.45. The summed E-state index contributed by atoms with van der Waals surface area (Å²) >= 11 is 8.47. The smallest absolute Gasteiger partial charge is 0.318 e. The van der Waals surface area contributed by atoms with Crippen molar-refractivity contribution in [2.45, 2.75) is 230 Å². The second-order valence-electron chi connectivity index (χ2n) is 30.6. The highest BCUT2D eigenvalue weighted by Gasteiger charge is 2.25. The van der Waals surface area contributed by atoms with Crippen LogP contribution in [0.4, 0.5) is 0 Å². The maximum Gasteiger partial charge on any atom is 0.318 e. The summed E-state index contributed by atoms with van der Waals surface area (Å²) in [6.07, 6.45) is 58.5. The van der Waals surface area contributed by atoms with E-state index in [-0.39, 0.29) is 196 Å². The first-order valence-corrected chi connectivity index (χ1v) is 54.5. The molecule has 6 atom stereocenters. The lowest BCUT2D eigenvalue weighted by molar-refractivity contribution is -0.152. The molecule has 0 heterocycles. The van der Waals surface area contributed by atoms with Gasteiger partial charge in [-0.25, -0.2) is 0 Å². The quantitative estimate of drug-likeness (QED) is 0.0236. The molecule has 0 N–H and O–H groups in total. The molecule has 0 spiro atoms. The highest BCUT2D eigenvalue weighted by molar-refractivity contribution is 8.01. The number of allylic oxidation sites excluding steroid dienone is 18. The molecule has 0 saturated carbocycles. The van der Waals surface area contributed by atoms with Crippen molar-refractivity contribution >= 4 is 142 Å². The Bertz CT molecular complexity index is 3050. The summed E-state index contributed by atoms with van der Waals surface area (Å²) in [7, 11) is 0. The highest BCUT2D eigenvalue weighted by Crippen LogP contribution is 2.19. The Balaban J connectivity index is 7.66. The zero-order valence-corrected chi connectivity index (χ0v) is 88.2. The van der Waals surface area contributed by atoms with Gasteiger partial charge in [0.1, 0.15) is 79.3 Å². The van der Waals surface area contributed by atoms with Crippen molar-refractivity contribution in [3.63, 3.8) is 0 Å². The third-order valence-corrected chi connectivity index (χ3v) is 25.7. The minimum atomic E-state index is -0.611. The van der Waals surface area contributed by atoms with Crippen LogP contribution in [-0.2, 0) is 114 Å². The van der Waals surface area contributed by atoms with Crippen molar-refractivity contribution in [3.05, 3.63) is 146 Å². The molecule has 0 rings (SSSR count). The molecule has 0 fully saturated rings. The van der Waals surface area contributed by atoms with Gasteiger partial charge in [-0.3, -0.25) is 62.4 Å². The first-order valence-electron chi connectivity index (χ1n) is 48.2. The van der Waals surface area contributed by atoms with Gasteiger partial charge in [-0.05, 0) is 119 Å². The van der Waals surface area contributed by atoms with Crippen LogP contribution >= 0.6 is 70.6 Å². The molecule has 0 saturated heterocycles. The van der Waals surface area contributed by atoms with Crippen molar-refractivity contribution < 1.29 is 114 Å². The zero-order chi connectivity index (χ0) is 100. The normalized spacial score (nSPS) is 13.5. The van der Waals surface area contributed by atoms with E-state index in [9.17, 15) is 57.5 Å². The molecule has 0 aromatic heterocycles. The van der Waals surface area contributed by atoms with Crippen molar-refractivity contribution in [3.8, 4) is 0 Å². The minimum Gasteiger partial charge on any atom is -0.462 e. The molecule has 770 valence electrons. The van der Waals surface area contributed by atoms with E-state index in [1.54, 1.807) is 41.5 Å². The number of carbonyl (C=O) groups is 12. The highest BCUT2D eigenvalue weighted by atomic mass is 32.2. The van der Waals surface area contributed by atoms with Gasteiger partial charge in [0, 0.05) is 113 Å².